The summed E-state index contributed by atoms with van der Waals surface area (Å²) in [5.41, 5.74) is 0. The highest BCUT2D eigenvalue weighted by Gasteiger charge is 2.42. The summed E-state index contributed by atoms with van der Waals surface area (Å²) >= 11 is 0. The molecule has 0 amide bonds. The van der Waals surface area contributed by atoms with E-state index < -0.39 is 5.97 Å². The van der Waals surface area contributed by atoms with E-state index in [1.165, 1.54) is 19.3 Å². The summed E-state index contributed by atoms with van der Waals surface area (Å²) in [6.45, 7) is 0. The maximum atomic E-state index is 10.6. The average molecular weight is 140 g/mol. The van der Waals surface area contributed by atoms with Crippen molar-refractivity contribution in [2.45, 2.75) is 25.7 Å². The van der Waals surface area contributed by atoms with Crippen molar-refractivity contribution in [2.75, 3.05) is 0 Å². The molecule has 2 heteroatoms. The van der Waals surface area contributed by atoms with Gasteiger partial charge in [-0.05, 0) is 31.1 Å². The van der Waals surface area contributed by atoms with Gasteiger partial charge in [-0.3, -0.25) is 4.79 Å². The molecule has 0 aromatic rings. The van der Waals surface area contributed by atoms with Crippen LogP contribution in [0.5, 0.6) is 0 Å². The third-order valence-electron chi connectivity index (χ3n) is 3.06. The molecule has 0 aromatic heterocycles. The number of hydrogen-bond acceptors (Lipinski definition) is 1. The lowest BCUT2D eigenvalue weighted by atomic mass is 9.89. The number of aliphatic carboxylic acids is 1. The molecule has 2 rings (SSSR count). The van der Waals surface area contributed by atoms with E-state index in [2.05, 4.69) is 0 Å². The summed E-state index contributed by atoms with van der Waals surface area (Å²) in [6, 6.07) is 0. The highest BCUT2D eigenvalue weighted by molar-refractivity contribution is 5.71. The minimum Gasteiger partial charge on any atom is -0.481 e. The highest BCUT2D eigenvalue weighted by Crippen LogP contribution is 2.48. The van der Waals surface area contributed by atoms with Crippen LogP contribution in [0.1, 0.15) is 25.7 Å². The van der Waals surface area contributed by atoms with Crippen LogP contribution in [0.25, 0.3) is 0 Å². The van der Waals surface area contributed by atoms with Crippen molar-refractivity contribution in [3.63, 3.8) is 0 Å². The fraction of sp³-hybridized carbons (Fsp3) is 0.875. The minimum absolute atomic E-state index is 0.0127. The van der Waals surface area contributed by atoms with Gasteiger partial charge in [0.15, 0.2) is 0 Å². The van der Waals surface area contributed by atoms with E-state index in [9.17, 15) is 4.79 Å². The van der Waals surface area contributed by atoms with Gasteiger partial charge in [0.1, 0.15) is 0 Å². The molecular formula is C8H12O2. The Kier molecular flexibility index (Phi) is 1.22. The van der Waals surface area contributed by atoms with Gasteiger partial charge < -0.3 is 5.11 Å². The predicted molar refractivity (Wildman–Crippen MR) is 36.6 cm³/mol. The fourth-order valence-corrected chi connectivity index (χ4v) is 2.55. The third kappa shape index (κ3) is 0.746. The number of carbonyl (C=O) groups is 1. The maximum Gasteiger partial charge on any atom is 0.306 e. The Hall–Kier alpha value is -0.530. The number of fused-ring (bicyclic) bond motifs is 2. The van der Waals surface area contributed by atoms with E-state index >= 15 is 0 Å². The van der Waals surface area contributed by atoms with E-state index in [0.29, 0.717) is 5.92 Å². The smallest absolute Gasteiger partial charge is 0.306 e. The second-order valence-electron chi connectivity index (χ2n) is 3.62. The molecule has 1 N–H and O–H groups in total. The molecule has 2 aliphatic rings. The summed E-state index contributed by atoms with van der Waals surface area (Å²) in [4.78, 5) is 10.6. The normalized spacial score (nSPS) is 44.2. The lowest BCUT2D eigenvalue weighted by Gasteiger charge is -2.16. The first-order valence-corrected chi connectivity index (χ1v) is 4.00. The number of carboxylic acid groups (broad SMARTS) is 1. The first-order chi connectivity index (χ1) is 4.77. The summed E-state index contributed by atoms with van der Waals surface area (Å²) < 4.78 is 0. The van der Waals surface area contributed by atoms with E-state index in [4.69, 9.17) is 5.11 Å². The van der Waals surface area contributed by atoms with Crippen LogP contribution in [-0.4, -0.2) is 11.1 Å². The van der Waals surface area contributed by atoms with Crippen LogP contribution in [0.4, 0.5) is 0 Å². The molecule has 0 spiro atoms. The Balaban J connectivity index is 2.08. The largest absolute Gasteiger partial charge is 0.481 e. The quantitative estimate of drug-likeness (QED) is 0.599. The molecular weight excluding hydrogens is 128 g/mol. The van der Waals surface area contributed by atoms with Crippen LogP contribution < -0.4 is 0 Å². The zero-order valence-corrected chi connectivity index (χ0v) is 5.92. The van der Waals surface area contributed by atoms with Gasteiger partial charge in [0.2, 0.25) is 0 Å². The molecule has 2 fully saturated rings. The second kappa shape index (κ2) is 1.97. The molecule has 0 saturated heterocycles. The Morgan fingerprint density at radius 1 is 1.30 bits per heavy atom. The maximum absolute atomic E-state index is 10.6. The zero-order chi connectivity index (χ0) is 7.14. The van der Waals surface area contributed by atoms with Crippen molar-refractivity contribution in [2.24, 2.45) is 17.8 Å². The lowest BCUT2D eigenvalue weighted by Crippen LogP contribution is -2.19. The predicted octanol–water partition coefficient (Wildman–Crippen LogP) is 1.51. The summed E-state index contributed by atoms with van der Waals surface area (Å²) in [7, 11) is 0. The Bertz CT molecular complexity index is 165. The molecule has 56 valence electrons. The van der Waals surface area contributed by atoms with Gasteiger partial charge in [0, 0.05) is 0 Å². The first-order valence-electron chi connectivity index (χ1n) is 4.00. The van der Waals surface area contributed by atoms with E-state index in [0.717, 1.165) is 12.3 Å². The molecule has 2 bridgehead atoms. The summed E-state index contributed by atoms with van der Waals surface area (Å²) in [6.07, 6.45) is 4.60. The number of carboxylic acids is 1. The van der Waals surface area contributed by atoms with Gasteiger partial charge in [0.05, 0.1) is 5.92 Å². The van der Waals surface area contributed by atoms with Crippen LogP contribution in [0.15, 0.2) is 0 Å². The minimum atomic E-state index is -0.563. The molecule has 2 nitrogen and oxygen atoms in total. The van der Waals surface area contributed by atoms with Crippen LogP contribution >= 0.6 is 0 Å². The van der Waals surface area contributed by atoms with E-state index in [1.54, 1.807) is 0 Å². The van der Waals surface area contributed by atoms with Gasteiger partial charge >= 0.3 is 5.97 Å². The molecule has 0 aromatic carbocycles. The highest BCUT2D eigenvalue weighted by atomic mass is 16.4. The molecule has 3 unspecified atom stereocenters. The molecule has 0 heterocycles. The van der Waals surface area contributed by atoms with Gasteiger partial charge in [-0.15, -0.1) is 0 Å². The molecule has 2 aliphatic carbocycles. The second-order valence-corrected chi connectivity index (χ2v) is 3.62. The Labute approximate surface area is 60.2 Å². The van der Waals surface area contributed by atoms with Gasteiger partial charge in [-0.2, -0.15) is 0 Å². The summed E-state index contributed by atoms with van der Waals surface area (Å²) in [5.74, 6) is 0.736. The molecule has 10 heavy (non-hydrogen) atoms. The standard InChI is InChI=1S/C8H12O2/c9-8(10)7-4-5-1-2-6(7)3-5/h5-7H,1-4H2,(H,9,10). The van der Waals surface area contributed by atoms with Gasteiger partial charge in [-0.25, -0.2) is 0 Å². The van der Waals surface area contributed by atoms with Crippen LogP contribution in [0, 0.1) is 17.8 Å². The van der Waals surface area contributed by atoms with Gasteiger partial charge in [0.25, 0.3) is 0 Å². The average Bonchev–Trinajstić information content (AvgIpc) is 2.44. The fourth-order valence-electron chi connectivity index (χ4n) is 2.55. The Morgan fingerprint density at radius 2 is 2.10 bits per heavy atom. The topological polar surface area (TPSA) is 37.3 Å². The van der Waals surface area contributed by atoms with Crippen molar-refractivity contribution >= 4 is 5.97 Å². The lowest BCUT2D eigenvalue weighted by molar-refractivity contribution is -0.143. The van der Waals surface area contributed by atoms with Crippen molar-refractivity contribution in [1.29, 1.82) is 0 Å². The van der Waals surface area contributed by atoms with Crippen molar-refractivity contribution in [1.82, 2.24) is 0 Å². The molecule has 2 saturated carbocycles. The van der Waals surface area contributed by atoms with Crippen LogP contribution in [0.2, 0.25) is 0 Å². The van der Waals surface area contributed by atoms with Crippen molar-refractivity contribution in [3.8, 4) is 0 Å². The van der Waals surface area contributed by atoms with Crippen molar-refractivity contribution in [3.05, 3.63) is 0 Å². The molecule has 0 aliphatic heterocycles. The number of rotatable bonds is 1. The first kappa shape index (κ1) is 6.20. The molecule has 0 radical (unpaired) electrons. The van der Waals surface area contributed by atoms with Crippen molar-refractivity contribution < 1.29 is 9.90 Å². The third-order valence-corrected chi connectivity index (χ3v) is 3.06. The SMILES string of the molecule is O=C(O)C1CC2CCC1C2. The van der Waals surface area contributed by atoms with Crippen LogP contribution in [0.3, 0.4) is 0 Å². The monoisotopic (exact) mass is 140 g/mol. The summed E-state index contributed by atoms with van der Waals surface area (Å²) in [5, 5.41) is 8.74. The van der Waals surface area contributed by atoms with Gasteiger partial charge in [-0.1, -0.05) is 6.42 Å². The molecule has 3 atom stereocenters. The van der Waals surface area contributed by atoms with E-state index in [1.807, 2.05) is 0 Å². The van der Waals surface area contributed by atoms with E-state index in [-0.39, 0.29) is 5.92 Å². The van der Waals surface area contributed by atoms with Crippen LogP contribution in [-0.2, 0) is 4.79 Å². The Morgan fingerprint density at radius 3 is 2.40 bits per heavy atom. The zero-order valence-electron chi connectivity index (χ0n) is 5.92. The number of hydrogen-bond donors (Lipinski definition) is 1.